The van der Waals surface area contributed by atoms with E-state index < -0.39 is 37.8 Å². The van der Waals surface area contributed by atoms with E-state index >= 15 is 0 Å². The summed E-state index contributed by atoms with van der Waals surface area (Å²) >= 11 is 0. The fourth-order valence-electron chi connectivity index (χ4n) is 6.88. The first-order chi connectivity index (χ1) is 18.9. The number of ketones is 1. The summed E-state index contributed by atoms with van der Waals surface area (Å²) in [7, 11) is -6.41. The third-order valence-electron chi connectivity index (χ3n) is 8.48. The predicted molar refractivity (Wildman–Crippen MR) is 148 cm³/mol. The number of likely N-dealkylation sites (tertiary alicyclic amines) is 1. The van der Waals surface area contributed by atoms with E-state index in [4.69, 9.17) is 4.74 Å². The second kappa shape index (κ2) is 9.58. The van der Waals surface area contributed by atoms with E-state index in [0.717, 1.165) is 43.6 Å². The lowest BCUT2D eigenvalue weighted by Crippen LogP contribution is -2.66. The fourth-order valence-corrected chi connectivity index (χ4v) is 8.61. The second-order valence-corrected chi connectivity index (χ2v) is 14.3. The molecule has 3 saturated carbocycles. The van der Waals surface area contributed by atoms with Crippen LogP contribution >= 0.6 is 0 Å². The number of nitrogens with one attached hydrogen (secondary N) is 2. The molecule has 1 saturated heterocycles. The van der Waals surface area contributed by atoms with Crippen molar-refractivity contribution >= 4 is 48.9 Å². The molecule has 2 bridgehead atoms. The van der Waals surface area contributed by atoms with Crippen LogP contribution in [0.3, 0.4) is 0 Å². The number of methoxy groups -OCH3 is 1. The lowest BCUT2D eigenvalue weighted by atomic mass is 9.57. The van der Waals surface area contributed by atoms with Crippen LogP contribution in [0, 0.1) is 23.7 Å². The Bertz CT molecular complexity index is 1650. The van der Waals surface area contributed by atoms with Crippen LogP contribution in [-0.4, -0.2) is 58.7 Å². The average Bonchev–Trinajstić information content (AvgIpc) is 2.91. The van der Waals surface area contributed by atoms with Crippen LogP contribution in [0.5, 0.6) is 5.75 Å². The van der Waals surface area contributed by atoms with Gasteiger partial charge in [0.1, 0.15) is 16.5 Å². The number of piperidine rings is 1. The van der Waals surface area contributed by atoms with Gasteiger partial charge in [-0.15, -0.1) is 4.40 Å². The van der Waals surface area contributed by atoms with E-state index in [0.29, 0.717) is 5.75 Å². The van der Waals surface area contributed by atoms with Crippen molar-refractivity contribution in [3.05, 3.63) is 48.0 Å². The molecule has 2 aromatic carbocycles. The number of Topliss-reactive ketones (excluding diaryl/α,β-unsaturated/α-hetero) is 1. The maximum absolute atomic E-state index is 14.1. The molecule has 2 aromatic rings. The Morgan fingerprint density at radius 2 is 1.80 bits per heavy atom. The molecule has 3 unspecified atom stereocenters. The maximum atomic E-state index is 14.1. The van der Waals surface area contributed by atoms with E-state index in [1.807, 2.05) is 24.3 Å². The average molecular weight is 587 g/mol. The molecule has 13 heteroatoms. The van der Waals surface area contributed by atoms with Crippen molar-refractivity contribution in [1.29, 1.82) is 0 Å². The Hall–Kier alpha value is -3.45. The zero-order chi connectivity index (χ0) is 28.4. The molecule has 3 atom stereocenters. The minimum Gasteiger partial charge on any atom is -0.497 e. The number of amidine groups is 1. The van der Waals surface area contributed by atoms with Gasteiger partial charge in [0.15, 0.2) is 11.7 Å². The number of anilines is 2. The summed E-state index contributed by atoms with van der Waals surface area (Å²) in [6.07, 6.45) is 4.68. The highest BCUT2D eigenvalue weighted by Gasteiger charge is 2.58. The van der Waals surface area contributed by atoms with Crippen LogP contribution in [0.1, 0.15) is 31.2 Å². The molecule has 5 aliphatic rings. The van der Waals surface area contributed by atoms with Gasteiger partial charge in [0.25, 0.3) is 10.0 Å². The Kier molecular flexibility index (Phi) is 6.41. The summed E-state index contributed by atoms with van der Waals surface area (Å²) in [6.45, 7) is 0.265. The van der Waals surface area contributed by atoms with E-state index in [9.17, 15) is 26.4 Å². The molecule has 3 aliphatic carbocycles. The molecule has 0 radical (unpaired) electrons. The molecular formula is C27H30N4O7S2. The van der Waals surface area contributed by atoms with E-state index in [1.165, 1.54) is 12.1 Å². The molecule has 2 N–H and O–H groups in total. The van der Waals surface area contributed by atoms with Crippen LogP contribution in [0.25, 0.3) is 0 Å². The van der Waals surface area contributed by atoms with Gasteiger partial charge in [0, 0.05) is 24.2 Å². The Labute approximate surface area is 233 Å². The Morgan fingerprint density at radius 3 is 2.50 bits per heavy atom. The summed E-state index contributed by atoms with van der Waals surface area (Å²) in [5.41, 5.74) is 1.03. The molecule has 7 rings (SSSR count). The minimum atomic E-state index is -4.34. The lowest BCUT2D eigenvalue weighted by molar-refractivity contribution is -0.162. The van der Waals surface area contributed by atoms with Crippen molar-refractivity contribution < 1.29 is 31.2 Å². The number of sulfonamides is 2. The van der Waals surface area contributed by atoms with Crippen molar-refractivity contribution in [2.24, 2.45) is 28.1 Å². The highest BCUT2D eigenvalue weighted by molar-refractivity contribution is 7.92. The standard InChI is InChI=1S/C27H30N4O7S2/c1-38-19-5-3-4-15(12-19)14-31-24-17-8-6-16(7-9-17)22(24)25(32)23(27(31)33)26-28-20-11-10-18(29-39(2,34)35)13-21(20)40(36,37)30-26/h3-5,10-13,16-17,22-24,29H,6-9,14H2,1-2H3,(H,28,30). The number of benzene rings is 2. The van der Waals surface area contributed by atoms with Crippen LogP contribution in [0.15, 0.2) is 51.8 Å². The summed E-state index contributed by atoms with van der Waals surface area (Å²) < 4.78 is 61.3. The Balaban J connectivity index is 1.38. The number of fused-ring (bicyclic) bond motifs is 3. The quantitative estimate of drug-likeness (QED) is 0.490. The van der Waals surface area contributed by atoms with Crippen LogP contribution in [0.2, 0.25) is 0 Å². The third-order valence-corrected chi connectivity index (χ3v) is 10.4. The lowest BCUT2D eigenvalue weighted by Gasteiger charge is -2.55. The molecule has 11 nitrogen and oxygen atoms in total. The molecule has 40 heavy (non-hydrogen) atoms. The summed E-state index contributed by atoms with van der Waals surface area (Å²) in [6, 6.07) is 11.1. The number of ether oxygens (including phenoxy) is 1. The first-order valence-corrected chi connectivity index (χ1v) is 16.5. The highest BCUT2D eigenvalue weighted by Crippen LogP contribution is 2.51. The van der Waals surface area contributed by atoms with Gasteiger partial charge in [0.05, 0.1) is 19.1 Å². The summed E-state index contributed by atoms with van der Waals surface area (Å²) in [5, 5.41) is 2.92. The SMILES string of the molecule is COc1cccc(CN2C(=O)C(C3=NS(=O)(=O)c4cc(NS(C)(=O)=O)ccc4N3)C(=O)C3C4CCC(CC4)C32)c1. The molecule has 4 fully saturated rings. The number of amides is 1. The second-order valence-electron chi connectivity index (χ2n) is 11.0. The van der Waals surface area contributed by atoms with Crippen LogP contribution in [0.4, 0.5) is 11.4 Å². The van der Waals surface area contributed by atoms with Crippen molar-refractivity contribution in [3.8, 4) is 5.75 Å². The predicted octanol–water partition coefficient (Wildman–Crippen LogP) is 2.61. The number of hydrogen-bond donors (Lipinski definition) is 2. The maximum Gasteiger partial charge on any atom is 0.286 e. The third kappa shape index (κ3) is 4.64. The number of carbonyl (C=O) groups is 2. The largest absolute Gasteiger partial charge is 0.497 e. The Morgan fingerprint density at radius 1 is 1.07 bits per heavy atom. The summed E-state index contributed by atoms with van der Waals surface area (Å²) in [4.78, 5) is 29.7. The molecule has 2 aliphatic heterocycles. The van der Waals surface area contributed by atoms with Gasteiger partial charge in [-0.1, -0.05) is 12.1 Å². The van der Waals surface area contributed by atoms with Gasteiger partial charge in [-0.25, -0.2) is 8.42 Å². The van der Waals surface area contributed by atoms with Crippen molar-refractivity contribution in [3.63, 3.8) is 0 Å². The zero-order valence-corrected chi connectivity index (χ0v) is 23.7. The van der Waals surface area contributed by atoms with Gasteiger partial charge < -0.3 is 15.0 Å². The van der Waals surface area contributed by atoms with Gasteiger partial charge in [-0.2, -0.15) is 8.42 Å². The van der Waals surface area contributed by atoms with E-state index in [1.54, 1.807) is 12.0 Å². The normalized spacial score (nSPS) is 28.7. The number of rotatable bonds is 6. The summed E-state index contributed by atoms with van der Waals surface area (Å²) in [5.74, 6) is -1.76. The van der Waals surface area contributed by atoms with E-state index in [2.05, 4.69) is 14.4 Å². The van der Waals surface area contributed by atoms with E-state index in [-0.39, 0.29) is 52.3 Å². The first kappa shape index (κ1) is 26.8. The van der Waals surface area contributed by atoms with Crippen molar-refractivity contribution in [2.75, 3.05) is 23.4 Å². The molecule has 0 aromatic heterocycles. The molecule has 0 spiro atoms. The fraction of sp³-hybridized carbons (Fsp3) is 0.444. The van der Waals surface area contributed by atoms with Gasteiger partial charge >= 0.3 is 0 Å². The van der Waals surface area contributed by atoms with Crippen molar-refractivity contribution in [1.82, 2.24) is 4.90 Å². The van der Waals surface area contributed by atoms with Crippen LogP contribution < -0.4 is 14.8 Å². The first-order valence-electron chi connectivity index (χ1n) is 13.2. The topological polar surface area (TPSA) is 151 Å². The zero-order valence-electron chi connectivity index (χ0n) is 22.0. The number of nitrogens with zero attached hydrogens (tertiary/aromatic N) is 2. The molecule has 1 amide bonds. The minimum absolute atomic E-state index is 0.0561. The van der Waals surface area contributed by atoms with Gasteiger partial charge in [-0.3, -0.25) is 14.3 Å². The smallest absolute Gasteiger partial charge is 0.286 e. The molecular weight excluding hydrogens is 556 g/mol. The number of carbonyl (C=O) groups excluding carboxylic acids is 2. The monoisotopic (exact) mass is 586 g/mol. The van der Waals surface area contributed by atoms with Crippen LogP contribution in [-0.2, 0) is 36.2 Å². The van der Waals surface area contributed by atoms with Gasteiger partial charge in [0.2, 0.25) is 15.9 Å². The molecule has 212 valence electrons. The highest BCUT2D eigenvalue weighted by atomic mass is 32.2. The number of hydrogen-bond acceptors (Lipinski definition) is 8. The van der Waals surface area contributed by atoms with Crippen molar-refractivity contribution in [2.45, 2.75) is 43.2 Å². The molecule has 2 heterocycles. The van der Waals surface area contributed by atoms with Gasteiger partial charge in [-0.05, 0) is 73.4 Å².